The molecule has 0 aliphatic heterocycles. The van der Waals surface area contributed by atoms with E-state index >= 15 is 0 Å². The fraction of sp³-hybridized carbons (Fsp3) is 0.300. The molecule has 0 aromatic heterocycles. The van der Waals surface area contributed by atoms with E-state index in [0.29, 0.717) is 0 Å². The first-order chi connectivity index (χ1) is 8.25. The van der Waals surface area contributed by atoms with Gasteiger partial charge in [-0.1, -0.05) is 36.2 Å². The molecule has 8 heteroatoms. The number of carboxylic acids is 1. The molecule has 5 nitrogen and oxygen atoms in total. The highest BCUT2D eigenvalue weighted by Gasteiger charge is 2.23. The minimum absolute atomic E-state index is 0.0158. The van der Waals surface area contributed by atoms with Crippen LogP contribution >= 0.6 is 23.2 Å². The van der Waals surface area contributed by atoms with Gasteiger partial charge in [0.15, 0.2) is 0 Å². The van der Waals surface area contributed by atoms with Gasteiger partial charge in [0.1, 0.15) is 4.90 Å². The monoisotopic (exact) mass is 311 g/mol. The van der Waals surface area contributed by atoms with Crippen LogP contribution < -0.4 is 4.72 Å². The molecule has 100 valence electrons. The summed E-state index contributed by atoms with van der Waals surface area (Å²) in [6, 6.07) is 4.30. The number of hydrogen-bond donors (Lipinski definition) is 2. The number of halogens is 2. The lowest BCUT2D eigenvalue weighted by atomic mass is 10.2. The number of rotatable bonds is 5. The fourth-order valence-corrected chi connectivity index (χ4v) is 3.40. The van der Waals surface area contributed by atoms with Crippen molar-refractivity contribution in [2.75, 3.05) is 6.54 Å². The summed E-state index contributed by atoms with van der Waals surface area (Å²) in [5.74, 6) is -1.94. The summed E-state index contributed by atoms with van der Waals surface area (Å²) in [5, 5.41) is 8.64. The predicted octanol–water partition coefficient (Wildman–Crippen LogP) is 1.99. The van der Waals surface area contributed by atoms with E-state index in [2.05, 4.69) is 4.72 Å². The molecule has 0 saturated carbocycles. The number of sulfonamides is 1. The van der Waals surface area contributed by atoms with E-state index in [1.54, 1.807) is 0 Å². The third-order valence-corrected chi connectivity index (χ3v) is 4.57. The SMILES string of the molecule is CC(CNS(=O)(=O)c1c(Cl)cccc1Cl)C(=O)O. The molecule has 0 aliphatic carbocycles. The van der Waals surface area contributed by atoms with Gasteiger partial charge in [-0.05, 0) is 12.1 Å². The molecule has 1 aromatic carbocycles. The molecule has 0 heterocycles. The summed E-state index contributed by atoms with van der Waals surface area (Å²) in [5.41, 5.74) is 0. The summed E-state index contributed by atoms with van der Waals surface area (Å²) in [6.07, 6.45) is 0. The summed E-state index contributed by atoms with van der Waals surface area (Å²) in [6.45, 7) is 1.15. The summed E-state index contributed by atoms with van der Waals surface area (Å²) in [4.78, 5) is 10.4. The van der Waals surface area contributed by atoms with Crippen LogP contribution in [-0.2, 0) is 14.8 Å². The van der Waals surface area contributed by atoms with Gasteiger partial charge in [0, 0.05) is 6.54 Å². The minimum atomic E-state index is -3.93. The Labute approximate surface area is 115 Å². The average molecular weight is 312 g/mol. The Kier molecular flexibility index (Phi) is 4.98. The molecule has 2 N–H and O–H groups in total. The van der Waals surface area contributed by atoms with Crippen molar-refractivity contribution < 1.29 is 18.3 Å². The Bertz CT molecular complexity index is 539. The van der Waals surface area contributed by atoms with Crippen molar-refractivity contribution in [3.05, 3.63) is 28.2 Å². The fourth-order valence-electron chi connectivity index (χ4n) is 1.13. The number of carbonyl (C=O) groups is 1. The van der Waals surface area contributed by atoms with Crippen molar-refractivity contribution in [3.63, 3.8) is 0 Å². The summed E-state index contributed by atoms with van der Waals surface area (Å²) in [7, 11) is -3.93. The number of hydrogen-bond acceptors (Lipinski definition) is 3. The van der Waals surface area contributed by atoms with Crippen molar-refractivity contribution in [3.8, 4) is 0 Å². The molecule has 0 bridgehead atoms. The first-order valence-electron chi connectivity index (χ1n) is 4.92. The molecule has 1 rings (SSSR count). The van der Waals surface area contributed by atoms with Gasteiger partial charge in [-0.25, -0.2) is 13.1 Å². The van der Waals surface area contributed by atoms with E-state index < -0.39 is 21.9 Å². The van der Waals surface area contributed by atoms with Crippen LogP contribution in [0.3, 0.4) is 0 Å². The van der Waals surface area contributed by atoms with Gasteiger partial charge in [-0.3, -0.25) is 4.79 Å². The third kappa shape index (κ3) is 3.58. The summed E-state index contributed by atoms with van der Waals surface area (Å²) < 4.78 is 26.0. The molecule has 1 atom stereocenters. The second kappa shape index (κ2) is 5.88. The smallest absolute Gasteiger partial charge is 0.307 e. The maximum absolute atomic E-state index is 11.9. The lowest BCUT2D eigenvalue weighted by molar-refractivity contribution is -0.140. The maximum Gasteiger partial charge on any atom is 0.307 e. The molecular weight excluding hydrogens is 301 g/mol. The third-order valence-electron chi connectivity index (χ3n) is 2.19. The largest absolute Gasteiger partial charge is 0.481 e. The molecule has 0 saturated heterocycles. The second-order valence-corrected chi connectivity index (χ2v) is 6.16. The highest BCUT2D eigenvalue weighted by molar-refractivity contribution is 7.89. The highest BCUT2D eigenvalue weighted by atomic mass is 35.5. The lowest BCUT2D eigenvalue weighted by Gasteiger charge is -2.11. The Hall–Kier alpha value is -0.820. The minimum Gasteiger partial charge on any atom is -0.481 e. The topological polar surface area (TPSA) is 83.5 Å². The van der Waals surface area contributed by atoms with E-state index in [9.17, 15) is 13.2 Å². The van der Waals surface area contributed by atoms with E-state index in [1.165, 1.54) is 25.1 Å². The maximum atomic E-state index is 11.9. The Morgan fingerprint density at radius 2 is 1.89 bits per heavy atom. The van der Waals surface area contributed by atoms with Gasteiger partial charge >= 0.3 is 5.97 Å². The van der Waals surface area contributed by atoms with Crippen LogP contribution in [0.25, 0.3) is 0 Å². The van der Waals surface area contributed by atoms with Gasteiger partial charge in [0.2, 0.25) is 10.0 Å². The molecule has 0 aliphatic rings. The van der Waals surface area contributed by atoms with E-state index in [-0.39, 0.29) is 21.5 Å². The van der Waals surface area contributed by atoms with Crippen LogP contribution in [0.4, 0.5) is 0 Å². The van der Waals surface area contributed by atoms with Gasteiger partial charge in [-0.15, -0.1) is 0 Å². The Balaban J connectivity index is 2.98. The highest BCUT2D eigenvalue weighted by Crippen LogP contribution is 2.28. The summed E-state index contributed by atoms with van der Waals surface area (Å²) >= 11 is 11.5. The standard InChI is InChI=1S/C10H11Cl2NO4S/c1-6(10(14)15)5-13-18(16,17)9-7(11)3-2-4-8(9)12/h2-4,6,13H,5H2,1H3,(H,14,15). The number of aliphatic carboxylic acids is 1. The molecular formula is C10H11Cl2NO4S. The van der Waals surface area contributed by atoms with Crippen molar-refractivity contribution in [2.45, 2.75) is 11.8 Å². The molecule has 0 spiro atoms. The first kappa shape index (κ1) is 15.2. The molecule has 1 aromatic rings. The van der Waals surface area contributed by atoms with Gasteiger partial charge in [0.05, 0.1) is 16.0 Å². The lowest BCUT2D eigenvalue weighted by Crippen LogP contribution is -2.31. The van der Waals surface area contributed by atoms with Crippen LogP contribution in [-0.4, -0.2) is 26.0 Å². The van der Waals surface area contributed by atoms with Crippen molar-refractivity contribution in [2.24, 2.45) is 5.92 Å². The van der Waals surface area contributed by atoms with Crippen LogP contribution in [0.2, 0.25) is 10.0 Å². The van der Waals surface area contributed by atoms with E-state index in [1.807, 2.05) is 0 Å². The van der Waals surface area contributed by atoms with Crippen LogP contribution in [0.15, 0.2) is 23.1 Å². The zero-order valence-corrected chi connectivity index (χ0v) is 11.7. The quantitative estimate of drug-likeness (QED) is 0.871. The van der Waals surface area contributed by atoms with Crippen LogP contribution in [0, 0.1) is 5.92 Å². The Morgan fingerprint density at radius 3 is 2.33 bits per heavy atom. The molecule has 18 heavy (non-hydrogen) atoms. The van der Waals surface area contributed by atoms with E-state index in [4.69, 9.17) is 28.3 Å². The molecule has 1 unspecified atom stereocenters. The zero-order chi connectivity index (χ0) is 13.9. The molecule has 0 radical (unpaired) electrons. The normalized spacial score (nSPS) is 13.3. The first-order valence-corrected chi connectivity index (χ1v) is 7.16. The zero-order valence-electron chi connectivity index (χ0n) is 9.35. The molecule has 0 amide bonds. The predicted molar refractivity (Wildman–Crippen MR) is 68.5 cm³/mol. The number of benzene rings is 1. The molecule has 0 fully saturated rings. The van der Waals surface area contributed by atoms with Crippen molar-refractivity contribution >= 4 is 39.2 Å². The van der Waals surface area contributed by atoms with Crippen molar-refractivity contribution in [1.29, 1.82) is 0 Å². The van der Waals surface area contributed by atoms with Crippen molar-refractivity contribution in [1.82, 2.24) is 4.72 Å². The van der Waals surface area contributed by atoms with Gasteiger partial charge in [-0.2, -0.15) is 0 Å². The second-order valence-electron chi connectivity index (χ2n) is 3.64. The number of carboxylic acid groups (broad SMARTS) is 1. The van der Waals surface area contributed by atoms with Crippen LogP contribution in [0.5, 0.6) is 0 Å². The van der Waals surface area contributed by atoms with Gasteiger partial charge in [0.25, 0.3) is 0 Å². The Morgan fingerprint density at radius 1 is 1.39 bits per heavy atom. The average Bonchev–Trinajstić information content (AvgIpc) is 2.25. The van der Waals surface area contributed by atoms with Crippen LogP contribution in [0.1, 0.15) is 6.92 Å². The van der Waals surface area contributed by atoms with E-state index in [0.717, 1.165) is 0 Å². The van der Waals surface area contributed by atoms with Gasteiger partial charge < -0.3 is 5.11 Å². The number of nitrogens with one attached hydrogen (secondary N) is 1.